The van der Waals surface area contributed by atoms with Gasteiger partial charge in [0.25, 0.3) is 0 Å². The van der Waals surface area contributed by atoms with Crippen LogP contribution in [-0.2, 0) is 4.79 Å². The van der Waals surface area contributed by atoms with E-state index in [-0.39, 0.29) is 23.0 Å². The summed E-state index contributed by atoms with van der Waals surface area (Å²) < 4.78 is 0. The predicted octanol–water partition coefficient (Wildman–Crippen LogP) is 1.40. The Balaban J connectivity index is 1.82. The topological polar surface area (TPSA) is 116 Å². The fourth-order valence-corrected chi connectivity index (χ4v) is 2.44. The second-order valence-electron chi connectivity index (χ2n) is 4.87. The third-order valence-corrected chi connectivity index (χ3v) is 3.52. The van der Waals surface area contributed by atoms with E-state index in [1.165, 1.54) is 0 Å². The first-order chi connectivity index (χ1) is 10.0. The van der Waals surface area contributed by atoms with E-state index in [9.17, 15) is 9.59 Å². The Kier molecular flexibility index (Phi) is 5.15. The van der Waals surface area contributed by atoms with Crippen molar-refractivity contribution in [3.05, 3.63) is 17.3 Å². The van der Waals surface area contributed by atoms with Gasteiger partial charge in [0.05, 0.1) is 0 Å². The predicted molar refractivity (Wildman–Crippen MR) is 75.7 cm³/mol. The van der Waals surface area contributed by atoms with Crippen molar-refractivity contribution in [1.82, 2.24) is 20.9 Å². The Labute approximate surface area is 126 Å². The first-order valence-electron chi connectivity index (χ1n) is 6.59. The quantitative estimate of drug-likeness (QED) is 0.624. The molecule has 0 bridgehead atoms. The van der Waals surface area contributed by atoms with Crippen molar-refractivity contribution in [2.24, 2.45) is 5.92 Å². The SMILES string of the molecule is O=C(O)N[C@@H]1CCC[C@H](C(=O)NNc2ccc(Cl)nn2)C1. The number of nitrogens with one attached hydrogen (secondary N) is 3. The lowest BCUT2D eigenvalue weighted by atomic mass is 9.85. The van der Waals surface area contributed by atoms with Gasteiger partial charge in [-0.15, -0.1) is 10.2 Å². The van der Waals surface area contributed by atoms with Crippen LogP contribution in [0, 0.1) is 5.92 Å². The molecule has 2 atom stereocenters. The highest BCUT2D eigenvalue weighted by Crippen LogP contribution is 2.24. The van der Waals surface area contributed by atoms with Crippen LogP contribution in [0.25, 0.3) is 0 Å². The molecule has 1 aromatic heterocycles. The highest BCUT2D eigenvalue weighted by atomic mass is 35.5. The van der Waals surface area contributed by atoms with Crippen LogP contribution >= 0.6 is 11.6 Å². The van der Waals surface area contributed by atoms with Crippen LogP contribution in [-0.4, -0.2) is 33.3 Å². The third kappa shape index (κ3) is 4.75. The van der Waals surface area contributed by atoms with Crippen LogP contribution in [0.2, 0.25) is 5.15 Å². The molecule has 2 rings (SSSR count). The Hall–Kier alpha value is -2.09. The number of carboxylic acid groups (broad SMARTS) is 1. The van der Waals surface area contributed by atoms with Gasteiger partial charge in [-0.05, 0) is 31.4 Å². The molecule has 8 nitrogen and oxygen atoms in total. The smallest absolute Gasteiger partial charge is 0.404 e. The number of hydrogen-bond acceptors (Lipinski definition) is 5. The average molecular weight is 314 g/mol. The summed E-state index contributed by atoms with van der Waals surface area (Å²) in [5.74, 6) is -0.0456. The molecule has 4 N–H and O–H groups in total. The summed E-state index contributed by atoms with van der Waals surface area (Å²) in [5.41, 5.74) is 5.21. The summed E-state index contributed by atoms with van der Waals surface area (Å²) >= 11 is 5.61. The van der Waals surface area contributed by atoms with Gasteiger partial charge in [-0.25, -0.2) is 4.79 Å². The van der Waals surface area contributed by atoms with Crippen molar-refractivity contribution in [3.63, 3.8) is 0 Å². The molecule has 9 heteroatoms. The monoisotopic (exact) mass is 313 g/mol. The maximum Gasteiger partial charge on any atom is 0.404 e. The number of carbonyl (C=O) groups is 2. The van der Waals surface area contributed by atoms with Crippen LogP contribution < -0.4 is 16.2 Å². The van der Waals surface area contributed by atoms with E-state index in [0.29, 0.717) is 12.2 Å². The number of halogens is 1. The number of anilines is 1. The summed E-state index contributed by atoms with van der Waals surface area (Å²) in [7, 11) is 0. The van der Waals surface area contributed by atoms with Gasteiger partial charge in [0, 0.05) is 12.0 Å². The van der Waals surface area contributed by atoms with Gasteiger partial charge in [-0.3, -0.25) is 15.6 Å². The zero-order valence-electron chi connectivity index (χ0n) is 11.2. The van der Waals surface area contributed by atoms with Gasteiger partial charge < -0.3 is 10.4 Å². The van der Waals surface area contributed by atoms with Crippen molar-refractivity contribution >= 4 is 29.4 Å². The second kappa shape index (κ2) is 7.07. The van der Waals surface area contributed by atoms with E-state index < -0.39 is 6.09 Å². The van der Waals surface area contributed by atoms with Crippen molar-refractivity contribution in [1.29, 1.82) is 0 Å². The maximum atomic E-state index is 12.0. The zero-order chi connectivity index (χ0) is 15.2. The Morgan fingerprint density at radius 1 is 1.29 bits per heavy atom. The van der Waals surface area contributed by atoms with Crippen LogP contribution in [0.5, 0.6) is 0 Å². The lowest BCUT2D eigenvalue weighted by Gasteiger charge is -2.28. The number of hydrazine groups is 1. The first-order valence-corrected chi connectivity index (χ1v) is 6.97. The van der Waals surface area contributed by atoms with Gasteiger partial charge >= 0.3 is 6.09 Å². The molecule has 1 aliphatic rings. The van der Waals surface area contributed by atoms with Crippen molar-refractivity contribution < 1.29 is 14.7 Å². The fraction of sp³-hybridized carbons (Fsp3) is 0.500. The molecular formula is C12H16ClN5O3. The number of rotatable bonds is 4. The van der Waals surface area contributed by atoms with Crippen LogP contribution in [0.15, 0.2) is 12.1 Å². The van der Waals surface area contributed by atoms with E-state index >= 15 is 0 Å². The number of carbonyl (C=O) groups excluding carboxylic acids is 1. The molecule has 1 aliphatic carbocycles. The van der Waals surface area contributed by atoms with Crippen LogP contribution in [0.4, 0.5) is 10.6 Å². The van der Waals surface area contributed by atoms with Gasteiger partial charge in [0.2, 0.25) is 5.91 Å². The summed E-state index contributed by atoms with van der Waals surface area (Å²) in [5, 5.41) is 18.8. The van der Waals surface area contributed by atoms with E-state index in [0.717, 1.165) is 19.3 Å². The standard InChI is InChI=1S/C12H16ClN5O3/c13-9-4-5-10(16-15-9)17-18-11(19)7-2-1-3-8(6-7)14-12(20)21/h4-5,7-8,14H,1-3,6H2,(H,16,17)(H,18,19)(H,20,21)/t7-,8+/m0/s1. The second-order valence-corrected chi connectivity index (χ2v) is 5.25. The van der Waals surface area contributed by atoms with Gasteiger partial charge in [-0.2, -0.15) is 0 Å². The normalized spacial score (nSPS) is 21.4. The molecule has 1 heterocycles. The van der Waals surface area contributed by atoms with E-state index in [1.807, 2.05) is 0 Å². The molecule has 0 aliphatic heterocycles. The highest BCUT2D eigenvalue weighted by Gasteiger charge is 2.28. The molecule has 2 amide bonds. The van der Waals surface area contributed by atoms with Gasteiger partial charge in [-0.1, -0.05) is 18.0 Å². The zero-order valence-corrected chi connectivity index (χ0v) is 11.9. The Morgan fingerprint density at radius 2 is 2.10 bits per heavy atom. The molecular weight excluding hydrogens is 298 g/mol. The summed E-state index contributed by atoms with van der Waals surface area (Å²) in [6, 6.07) is 2.96. The van der Waals surface area contributed by atoms with Crippen molar-refractivity contribution in [2.75, 3.05) is 5.43 Å². The number of aromatic nitrogens is 2. The van der Waals surface area contributed by atoms with E-state index in [1.54, 1.807) is 12.1 Å². The van der Waals surface area contributed by atoms with Crippen LogP contribution in [0.3, 0.4) is 0 Å². The van der Waals surface area contributed by atoms with Crippen molar-refractivity contribution in [3.8, 4) is 0 Å². The molecule has 0 aromatic carbocycles. The lowest BCUT2D eigenvalue weighted by molar-refractivity contribution is -0.125. The fourth-order valence-electron chi connectivity index (χ4n) is 2.34. The van der Waals surface area contributed by atoms with E-state index in [2.05, 4.69) is 26.4 Å². The molecule has 114 valence electrons. The molecule has 1 saturated carbocycles. The Bertz CT molecular complexity index is 510. The molecule has 1 aromatic rings. The molecule has 0 unspecified atom stereocenters. The minimum atomic E-state index is -1.06. The molecule has 0 saturated heterocycles. The number of amides is 2. The molecule has 0 spiro atoms. The largest absolute Gasteiger partial charge is 0.465 e. The van der Waals surface area contributed by atoms with Crippen LogP contribution in [0.1, 0.15) is 25.7 Å². The van der Waals surface area contributed by atoms with Gasteiger partial charge in [0.15, 0.2) is 11.0 Å². The average Bonchev–Trinajstić information content (AvgIpc) is 2.46. The lowest BCUT2D eigenvalue weighted by Crippen LogP contribution is -2.43. The maximum absolute atomic E-state index is 12.0. The van der Waals surface area contributed by atoms with E-state index in [4.69, 9.17) is 16.7 Å². The van der Waals surface area contributed by atoms with Gasteiger partial charge in [0.1, 0.15) is 0 Å². The Morgan fingerprint density at radius 3 is 2.76 bits per heavy atom. The minimum absolute atomic E-state index is 0.178. The number of hydrogen-bond donors (Lipinski definition) is 4. The summed E-state index contributed by atoms with van der Waals surface area (Å²) in [6.07, 6.45) is 1.73. The van der Waals surface area contributed by atoms with Crippen molar-refractivity contribution in [2.45, 2.75) is 31.7 Å². The highest BCUT2D eigenvalue weighted by molar-refractivity contribution is 6.29. The molecule has 0 radical (unpaired) electrons. The molecule has 21 heavy (non-hydrogen) atoms. The first kappa shape index (κ1) is 15.3. The number of nitrogens with zero attached hydrogens (tertiary/aromatic N) is 2. The minimum Gasteiger partial charge on any atom is -0.465 e. The summed E-state index contributed by atoms with van der Waals surface area (Å²) in [4.78, 5) is 22.7. The summed E-state index contributed by atoms with van der Waals surface area (Å²) in [6.45, 7) is 0. The third-order valence-electron chi connectivity index (χ3n) is 3.32. The molecule has 1 fully saturated rings.